The molecule has 1 aromatic carbocycles. The molecule has 2 unspecified atom stereocenters. The molecule has 1 amide bonds. The van der Waals surface area contributed by atoms with Crippen molar-refractivity contribution < 1.29 is 4.79 Å². The summed E-state index contributed by atoms with van der Waals surface area (Å²) in [6.45, 7) is 4.46. The van der Waals surface area contributed by atoms with Gasteiger partial charge in [-0.2, -0.15) is 5.10 Å². The summed E-state index contributed by atoms with van der Waals surface area (Å²) in [5.74, 6) is -0.146. The van der Waals surface area contributed by atoms with E-state index in [2.05, 4.69) is 43.0 Å². The van der Waals surface area contributed by atoms with Crippen LogP contribution in [0.15, 0.2) is 65.7 Å². The van der Waals surface area contributed by atoms with Crippen LogP contribution in [0.4, 0.5) is 0 Å². The summed E-state index contributed by atoms with van der Waals surface area (Å²) < 4.78 is 4.73. The highest BCUT2D eigenvalue weighted by molar-refractivity contribution is 9.10. The molecular formula is C19H21BrN4O. The third-order valence-electron chi connectivity index (χ3n) is 4.14. The van der Waals surface area contributed by atoms with E-state index < -0.39 is 0 Å². The van der Waals surface area contributed by atoms with Crippen LogP contribution in [-0.4, -0.2) is 20.3 Å². The highest BCUT2D eigenvalue weighted by Crippen LogP contribution is 2.18. The fourth-order valence-corrected chi connectivity index (χ4v) is 3.03. The van der Waals surface area contributed by atoms with Crippen LogP contribution in [0.1, 0.15) is 25.5 Å². The second-order valence-electron chi connectivity index (χ2n) is 6.20. The van der Waals surface area contributed by atoms with Crippen LogP contribution in [0.2, 0.25) is 0 Å². The number of carbonyl (C=O) groups is 1. The number of carbonyl (C=O) groups excluding carboxylic acids is 1. The van der Waals surface area contributed by atoms with Gasteiger partial charge in [-0.15, -0.1) is 0 Å². The van der Waals surface area contributed by atoms with E-state index in [1.54, 1.807) is 10.9 Å². The first-order chi connectivity index (χ1) is 12.0. The molecule has 130 valence electrons. The van der Waals surface area contributed by atoms with Gasteiger partial charge >= 0.3 is 0 Å². The number of nitrogens with one attached hydrogen (secondary N) is 1. The van der Waals surface area contributed by atoms with Crippen LogP contribution >= 0.6 is 15.9 Å². The van der Waals surface area contributed by atoms with E-state index in [-0.39, 0.29) is 17.9 Å². The summed E-state index contributed by atoms with van der Waals surface area (Å²) in [5, 5.41) is 7.30. The Labute approximate surface area is 155 Å². The van der Waals surface area contributed by atoms with Gasteiger partial charge in [0, 0.05) is 24.3 Å². The van der Waals surface area contributed by atoms with Gasteiger partial charge in [-0.05, 0) is 52.7 Å². The molecule has 3 aromatic rings. The molecule has 0 fully saturated rings. The standard InChI is InChI=1S/C19H21BrN4O/c1-14(12-24-13-17(20)11-21-24)19(25)22-15(2)16-6-5-7-18(10-16)23-8-3-4-9-23/h3-11,13-15H,12H2,1-2H3,(H,22,25). The van der Waals surface area contributed by atoms with E-state index in [9.17, 15) is 4.79 Å². The molecule has 25 heavy (non-hydrogen) atoms. The van der Waals surface area contributed by atoms with Gasteiger partial charge < -0.3 is 9.88 Å². The molecule has 5 nitrogen and oxygen atoms in total. The minimum absolute atomic E-state index is 0.0190. The van der Waals surface area contributed by atoms with Gasteiger partial charge in [-0.25, -0.2) is 0 Å². The molecule has 0 spiro atoms. The number of nitrogens with zero attached hydrogens (tertiary/aromatic N) is 3. The number of hydrogen-bond donors (Lipinski definition) is 1. The van der Waals surface area contributed by atoms with Gasteiger partial charge in [0.05, 0.1) is 29.2 Å². The van der Waals surface area contributed by atoms with E-state index in [0.29, 0.717) is 6.54 Å². The van der Waals surface area contributed by atoms with Gasteiger partial charge in [0.15, 0.2) is 0 Å². The van der Waals surface area contributed by atoms with Crippen LogP contribution in [0.25, 0.3) is 5.69 Å². The Hall–Kier alpha value is -2.34. The summed E-state index contributed by atoms with van der Waals surface area (Å²) in [6.07, 6.45) is 7.60. The molecular weight excluding hydrogens is 380 g/mol. The Morgan fingerprint density at radius 2 is 2.00 bits per heavy atom. The summed E-state index contributed by atoms with van der Waals surface area (Å²) in [7, 11) is 0. The van der Waals surface area contributed by atoms with Gasteiger partial charge in [0.1, 0.15) is 0 Å². The molecule has 2 atom stereocenters. The quantitative estimate of drug-likeness (QED) is 0.680. The Bertz CT molecular complexity index is 841. The Morgan fingerprint density at radius 1 is 1.24 bits per heavy atom. The zero-order chi connectivity index (χ0) is 17.8. The second kappa shape index (κ2) is 7.70. The lowest BCUT2D eigenvalue weighted by Crippen LogP contribution is -2.33. The molecule has 2 aromatic heterocycles. The number of benzene rings is 1. The number of hydrogen-bond acceptors (Lipinski definition) is 2. The predicted octanol–water partition coefficient (Wildman–Crippen LogP) is 3.95. The maximum atomic E-state index is 12.5. The molecule has 3 rings (SSSR count). The number of amides is 1. The lowest BCUT2D eigenvalue weighted by Gasteiger charge is -2.19. The third kappa shape index (κ3) is 4.39. The topological polar surface area (TPSA) is 51.9 Å². The van der Waals surface area contributed by atoms with Crippen molar-refractivity contribution in [1.82, 2.24) is 19.7 Å². The van der Waals surface area contributed by atoms with Crippen molar-refractivity contribution in [3.05, 3.63) is 71.2 Å². The molecule has 0 saturated carbocycles. The minimum atomic E-state index is -0.165. The Kier molecular flexibility index (Phi) is 5.38. The van der Waals surface area contributed by atoms with Gasteiger partial charge in [-0.3, -0.25) is 9.48 Å². The average Bonchev–Trinajstić information content (AvgIpc) is 3.27. The third-order valence-corrected chi connectivity index (χ3v) is 4.55. The van der Waals surface area contributed by atoms with Crippen LogP contribution in [0, 0.1) is 5.92 Å². The van der Waals surface area contributed by atoms with E-state index in [1.165, 1.54) is 0 Å². The Balaban J connectivity index is 1.64. The average molecular weight is 401 g/mol. The largest absolute Gasteiger partial charge is 0.349 e. The second-order valence-corrected chi connectivity index (χ2v) is 7.11. The smallest absolute Gasteiger partial charge is 0.225 e. The molecule has 6 heteroatoms. The zero-order valence-electron chi connectivity index (χ0n) is 14.3. The molecule has 1 N–H and O–H groups in total. The van der Waals surface area contributed by atoms with Gasteiger partial charge in [-0.1, -0.05) is 19.1 Å². The molecule has 0 saturated heterocycles. The van der Waals surface area contributed by atoms with Gasteiger partial charge in [0.2, 0.25) is 5.91 Å². The number of aromatic nitrogens is 3. The Morgan fingerprint density at radius 3 is 2.68 bits per heavy atom. The first-order valence-electron chi connectivity index (χ1n) is 8.24. The molecule has 2 heterocycles. The predicted molar refractivity (Wildman–Crippen MR) is 101 cm³/mol. The van der Waals surface area contributed by atoms with Crippen molar-refractivity contribution in [3.8, 4) is 5.69 Å². The fraction of sp³-hybridized carbons (Fsp3) is 0.263. The van der Waals surface area contributed by atoms with Crippen LogP contribution in [-0.2, 0) is 11.3 Å². The molecule has 0 aliphatic heterocycles. The van der Waals surface area contributed by atoms with Gasteiger partial charge in [0.25, 0.3) is 0 Å². The van der Waals surface area contributed by atoms with E-state index in [0.717, 1.165) is 15.7 Å². The summed E-state index contributed by atoms with van der Waals surface area (Å²) >= 11 is 3.37. The SMILES string of the molecule is CC(Cn1cc(Br)cn1)C(=O)NC(C)c1cccc(-n2cccc2)c1. The highest BCUT2D eigenvalue weighted by atomic mass is 79.9. The van der Waals surface area contributed by atoms with Crippen molar-refractivity contribution in [2.75, 3.05) is 0 Å². The zero-order valence-corrected chi connectivity index (χ0v) is 15.8. The van der Waals surface area contributed by atoms with Crippen molar-refractivity contribution >= 4 is 21.8 Å². The minimum Gasteiger partial charge on any atom is -0.349 e. The number of rotatable bonds is 6. The lowest BCUT2D eigenvalue weighted by atomic mass is 10.1. The maximum absolute atomic E-state index is 12.5. The van der Waals surface area contributed by atoms with Crippen LogP contribution in [0.5, 0.6) is 0 Å². The van der Waals surface area contributed by atoms with E-state index >= 15 is 0 Å². The van der Waals surface area contributed by atoms with E-state index in [1.807, 2.05) is 56.7 Å². The highest BCUT2D eigenvalue weighted by Gasteiger charge is 2.17. The van der Waals surface area contributed by atoms with Crippen molar-refractivity contribution in [3.63, 3.8) is 0 Å². The summed E-state index contributed by atoms with van der Waals surface area (Å²) in [5.41, 5.74) is 2.16. The van der Waals surface area contributed by atoms with Crippen LogP contribution < -0.4 is 5.32 Å². The van der Waals surface area contributed by atoms with Crippen molar-refractivity contribution in [1.29, 1.82) is 0 Å². The van der Waals surface area contributed by atoms with Crippen molar-refractivity contribution in [2.24, 2.45) is 5.92 Å². The molecule has 0 radical (unpaired) electrons. The summed E-state index contributed by atoms with van der Waals surface area (Å²) in [6, 6.07) is 12.1. The molecule has 0 bridgehead atoms. The van der Waals surface area contributed by atoms with E-state index in [4.69, 9.17) is 0 Å². The van der Waals surface area contributed by atoms with Crippen molar-refractivity contribution in [2.45, 2.75) is 26.4 Å². The first kappa shape index (κ1) is 17.5. The maximum Gasteiger partial charge on any atom is 0.225 e. The lowest BCUT2D eigenvalue weighted by molar-refractivity contribution is -0.125. The monoisotopic (exact) mass is 400 g/mol. The number of halogens is 1. The molecule has 0 aliphatic carbocycles. The van der Waals surface area contributed by atoms with Crippen LogP contribution in [0.3, 0.4) is 0 Å². The fourth-order valence-electron chi connectivity index (χ4n) is 2.70. The summed E-state index contributed by atoms with van der Waals surface area (Å²) in [4.78, 5) is 12.5. The molecule has 0 aliphatic rings. The first-order valence-corrected chi connectivity index (χ1v) is 9.04. The normalized spacial score (nSPS) is 13.4.